The number of piperidine rings is 2. The van der Waals surface area contributed by atoms with E-state index in [1.807, 2.05) is 30.3 Å². The average molecular weight is 965 g/mol. The fourth-order valence-electron chi connectivity index (χ4n) is 13.0. The molecular weight excluding hydrogens is 900 g/mol. The summed E-state index contributed by atoms with van der Waals surface area (Å²) in [5.41, 5.74) is 4.67. The third kappa shape index (κ3) is 8.52. The number of piperazine rings is 2. The number of aryl methyl sites for hydroxylation is 1. The Labute approximate surface area is 414 Å². The summed E-state index contributed by atoms with van der Waals surface area (Å²) in [7, 11) is 0. The zero-order valence-electron chi connectivity index (χ0n) is 41.2. The van der Waals surface area contributed by atoms with Crippen molar-refractivity contribution in [3.63, 3.8) is 0 Å². The first-order valence-corrected chi connectivity index (χ1v) is 26.1. The van der Waals surface area contributed by atoms with Crippen LogP contribution in [0.3, 0.4) is 0 Å². The number of hydrogen-bond donors (Lipinski definition) is 3. The van der Waals surface area contributed by atoms with Crippen LogP contribution in [0.5, 0.6) is 11.8 Å². The van der Waals surface area contributed by atoms with Gasteiger partial charge in [0.2, 0.25) is 11.8 Å². The van der Waals surface area contributed by atoms with Crippen LogP contribution in [0.25, 0.3) is 32.9 Å². The van der Waals surface area contributed by atoms with Gasteiger partial charge in [-0.1, -0.05) is 25.1 Å². The molecular formula is C55H65FN10O5. The lowest BCUT2D eigenvalue weighted by molar-refractivity contribution is -0.136. The van der Waals surface area contributed by atoms with E-state index in [9.17, 15) is 19.5 Å². The monoisotopic (exact) mass is 965 g/mol. The molecule has 2 bridgehead atoms. The topological polar surface area (TPSA) is 160 Å². The van der Waals surface area contributed by atoms with Gasteiger partial charge in [0.05, 0.1) is 12.0 Å². The lowest BCUT2D eigenvalue weighted by Crippen LogP contribution is -2.59. The summed E-state index contributed by atoms with van der Waals surface area (Å²) in [6.07, 6.45) is 9.53. The van der Waals surface area contributed by atoms with Crippen LogP contribution in [0.2, 0.25) is 0 Å². The number of amides is 3. The van der Waals surface area contributed by atoms with E-state index in [4.69, 9.17) is 19.7 Å². The zero-order chi connectivity index (χ0) is 48.8. The molecule has 1 aliphatic carbocycles. The maximum Gasteiger partial charge on any atom is 0.319 e. The first-order chi connectivity index (χ1) is 34.3. The van der Waals surface area contributed by atoms with Gasteiger partial charge in [0.25, 0.3) is 5.91 Å². The Balaban J connectivity index is 0.695. The van der Waals surface area contributed by atoms with Gasteiger partial charge >= 0.3 is 6.01 Å². The van der Waals surface area contributed by atoms with Crippen molar-refractivity contribution in [3.8, 4) is 23.0 Å². The van der Waals surface area contributed by atoms with Crippen LogP contribution in [0, 0.1) is 17.2 Å². The van der Waals surface area contributed by atoms with Gasteiger partial charge in [-0.15, -0.1) is 0 Å². The molecule has 6 aliphatic heterocycles. The van der Waals surface area contributed by atoms with Crippen molar-refractivity contribution in [1.29, 1.82) is 0 Å². The van der Waals surface area contributed by atoms with Crippen molar-refractivity contribution in [3.05, 3.63) is 77.2 Å². The molecule has 15 nitrogen and oxygen atoms in total. The van der Waals surface area contributed by atoms with Gasteiger partial charge in [0.1, 0.15) is 28.8 Å². The number of carbonyl (C=O) groups is 3. The third-order valence-corrected chi connectivity index (χ3v) is 17.4. The number of rotatable bonds is 12. The maximum atomic E-state index is 17.2. The quantitative estimate of drug-likeness (QED) is 0.118. The summed E-state index contributed by atoms with van der Waals surface area (Å²) in [4.78, 5) is 63.8. The summed E-state index contributed by atoms with van der Waals surface area (Å²) in [5, 5.41) is 19.2. The van der Waals surface area contributed by atoms with Crippen LogP contribution in [-0.2, 0) is 22.6 Å². The van der Waals surface area contributed by atoms with Gasteiger partial charge in [-0.05, 0) is 123 Å². The van der Waals surface area contributed by atoms with Gasteiger partial charge in [0.15, 0.2) is 5.82 Å². The second-order valence-corrected chi connectivity index (χ2v) is 22.1. The molecule has 6 fully saturated rings. The van der Waals surface area contributed by atoms with Crippen LogP contribution in [0.15, 0.2) is 54.7 Å². The predicted octanol–water partition coefficient (Wildman–Crippen LogP) is 6.43. The Bertz CT molecular complexity index is 2930. The lowest BCUT2D eigenvalue weighted by Gasteiger charge is -2.50. The highest BCUT2D eigenvalue weighted by Gasteiger charge is 2.47. The molecule has 3 N–H and O–H groups in total. The number of phenolic OH excluding ortho intramolecular Hbond substituents is 1. The van der Waals surface area contributed by atoms with Gasteiger partial charge in [-0.2, -0.15) is 9.97 Å². The number of halogens is 1. The Kier molecular flexibility index (Phi) is 11.7. The summed E-state index contributed by atoms with van der Waals surface area (Å²) < 4.78 is 23.8. The van der Waals surface area contributed by atoms with Crippen LogP contribution >= 0.6 is 0 Å². The lowest BCUT2D eigenvalue weighted by atomic mass is 9.78. The second kappa shape index (κ2) is 18.0. The van der Waals surface area contributed by atoms with E-state index in [2.05, 4.69) is 57.1 Å². The SMILES string of the molecule is CCc1cccc2cc(O)cc(-c3ncc4c(N5CC6CCC(C5)N6)nc(OCC5(CN6CCN(C(C)(C)C7CCN(c8ccc9c(c8)CN(C8CCC(=O)NC8=O)C9=O)CC7)CC6)CC5)nc4c3F)c12. The number of benzene rings is 3. The zero-order valence-corrected chi connectivity index (χ0v) is 41.2. The van der Waals surface area contributed by atoms with Gasteiger partial charge in [-0.25, -0.2) is 4.39 Å². The van der Waals surface area contributed by atoms with E-state index >= 15 is 4.39 Å². The molecule has 3 aromatic carbocycles. The summed E-state index contributed by atoms with van der Waals surface area (Å²) in [6, 6.07) is 15.6. The molecule has 3 amide bonds. The van der Waals surface area contributed by atoms with E-state index < -0.39 is 11.9 Å². The number of aromatic hydroxyl groups is 1. The number of nitrogens with one attached hydrogen (secondary N) is 2. The van der Waals surface area contributed by atoms with Crippen molar-refractivity contribution in [2.75, 3.05) is 75.3 Å². The summed E-state index contributed by atoms with van der Waals surface area (Å²) in [6.45, 7) is 16.1. The second-order valence-electron chi connectivity index (χ2n) is 22.1. The number of anilines is 2. The molecule has 3 unspecified atom stereocenters. The minimum absolute atomic E-state index is 0.00971. The van der Waals surface area contributed by atoms with Crippen molar-refractivity contribution in [2.45, 2.75) is 109 Å². The van der Waals surface area contributed by atoms with E-state index in [0.29, 0.717) is 59.9 Å². The molecule has 71 heavy (non-hydrogen) atoms. The molecule has 8 heterocycles. The average Bonchev–Trinajstić information content (AvgIpc) is 3.95. The molecule has 12 rings (SSSR count). The summed E-state index contributed by atoms with van der Waals surface area (Å²) >= 11 is 0. The number of nitrogens with zero attached hydrogens (tertiary/aromatic N) is 8. The number of imide groups is 1. The normalized spacial score (nSPS) is 24.0. The molecule has 5 aromatic rings. The fourth-order valence-corrected chi connectivity index (χ4v) is 13.0. The molecule has 7 aliphatic rings. The minimum Gasteiger partial charge on any atom is -0.508 e. The van der Waals surface area contributed by atoms with Crippen LogP contribution in [0.1, 0.15) is 93.6 Å². The Morgan fingerprint density at radius 2 is 1.66 bits per heavy atom. The number of pyridine rings is 1. The first-order valence-electron chi connectivity index (χ1n) is 26.1. The van der Waals surface area contributed by atoms with E-state index in [-0.39, 0.29) is 58.1 Å². The van der Waals surface area contributed by atoms with Gasteiger partial charge in [0, 0.05) is 118 Å². The molecule has 0 radical (unpaired) electrons. The standard InChI is InChI=1S/C55H65FN10O5/c1-4-33-6-5-7-34-25-40(67)26-42(46(33)34)48-47(56)49-43(27-57-48)50(64-29-37-8-9-38(30-64)58-37)61-53(60-49)71-32-55(16-17-55)31-62-20-22-65(23-21-62)54(2,3)36-14-18-63(19-15-36)39-10-11-41-35(24-39)28-66(52(41)70)44-12-13-45(68)59-51(44)69/h5-7,10-11,24-27,36-38,44,58,67H,4,8-9,12-23,28-32H2,1-3H3,(H,59,68,69). The van der Waals surface area contributed by atoms with Crippen molar-refractivity contribution in [1.82, 2.24) is 40.3 Å². The molecule has 5 saturated heterocycles. The number of hydrogen-bond acceptors (Lipinski definition) is 13. The van der Waals surface area contributed by atoms with Crippen LogP contribution < -0.4 is 25.2 Å². The number of aromatic nitrogens is 3. The molecule has 372 valence electrons. The number of carbonyl (C=O) groups excluding carboxylic acids is 3. The minimum atomic E-state index is -0.612. The molecule has 2 aromatic heterocycles. The first kappa shape index (κ1) is 46.1. The number of phenols is 1. The highest BCUT2D eigenvalue weighted by molar-refractivity contribution is 6.06. The van der Waals surface area contributed by atoms with Crippen LogP contribution in [-0.4, -0.2) is 142 Å². The molecule has 0 spiro atoms. The molecule has 1 saturated carbocycles. The fraction of sp³-hybridized carbons (Fsp3) is 0.527. The highest BCUT2D eigenvalue weighted by Crippen LogP contribution is 2.47. The Hall–Kier alpha value is -5.97. The Morgan fingerprint density at radius 3 is 2.39 bits per heavy atom. The van der Waals surface area contributed by atoms with E-state index in [1.54, 1.807) is 23.2 Å². The smallest absolute Gasteiger partial charge is 0.319 e. The summed E-state index contributed by atoms with van der Waals surface area (Å²) in [5.74, 6) is -0.0868. The van der Waals surface area contributed by atoms with E-state index in [0.717, 1.165) is 131 Å². The Morgan fingerprint density at radius 1 is 0.887 bits per heavy atom. The maximum absolute atomic E-state index is 17.2. The van der Waals surface area contributed by atoms with Gasteiger partial charge < -0.3 is 34.8 Å². The molecule has 16 heteroatoms. The number of ether oxygens (including phenoxy) is 1. The predicted molar refractivity (Wildman–Crippen MR) is 270 cm³/mol. The van der Waals surface area contributed by atoms with Crippen LogP contribution in [0.4, 0.5) is 15.9 Å². The van der Waals surface area contributed by atoms with Crippen molar-refractivity contribution in [2.24, 2.45) is 11.3 Å². The van der Waals surface area contributed by atoms with Crippen molar-refractivity contribution >= 4 is 50.9 Å². The third-order valence-electron chi connectivity index (χ3n) is 17.4. The van der Waals surface area contributed by atoms with E-state index in [1.165, 1.54) is 0 Å². The highest BCUT2D eigenvalue weighted by atomic mass is 19.1. The van der Waals surface area contributed by atoms with Gasteiger partial charge in [-0.3, -0.25) is 29.6 Å². The molecule has 3 atom stereocenters. The van der Waals surface area contributed by atoms with Crippen molar-refractivity contribution < 1.29 is 28.6 Å². The largest absolute Gasteiger partial charge is 0.508 e. The number of fused-ring (bicyclic) bond motifs is 5.